The Morgan fingerprint density at radius 3 is 2.60 bits per heavy atom. The third-order valence-electron chi connectivity index (χ3n) is 4.62. The van der Waals surface area contributed by atoms with Gasteiger partial charge in [-0.05, 0) is 26.7 Å². The quantitative estimate of drug-likeness (QED) is 0.829. The van der Waals surface area contributed by atoms with Gasteiger partial charge >= 0.3 is 6.18 Å². The Hall–Kier alpha value is -1.90. The van der Waals surface area contributed by atoms with Crippen LogP contribution in [-0.4, -0.2) is 39.0 Å². The van der Waals surface area contributed by atoms with E-state index in [9.17, 15) is 22.8 Å². The van der Waals surface area contributed by atoms with E-state index in [0.717, 1.165) is 28.8 Å². The highest BCUT2D eigenvalue weighted by Crippen LogP contribution is 2.28. The van der Waals surface area contributed by atoms with E-state index in [4.69, 9.17) is 0 Å². The van der Waals surface area contributed by atoms with Gasteiger partial charge in [0.25, 0.3) is 11.5 Å². The van der Waals surface area contributed by atoms with Crippen LogP contribution >= 0.6 is 11.3 Å². The van der Waals surface area contributed by atoms with E-state index < -0.39 is 30.2 Å². The largest absolute Gasteiger partial charge is 0.406 e. The molecular weight excluding hydrogens is 355 g/mol. The average molecular weight is 373 g/mol. The summed E-state index contributed by atoms with van der Waals surface area (Å²) in [5.41, 5.74) is -0.271. The van der Waals surface area contributed by atoms with Gasteiger partial charge in [-0.15, -0.1) is 11.3 Å². The van der Waals surface area contributed by atoms with Crippen LogP contribution in [0.2, 0.25) is 0 Å². The molecule has 0 spiro atoms. The minimum absolute atomic E-state index is 0.311. The van der Waals surface area contributed by atoms with Crippen LogP contribution in [0, 0.1) is 13.8 Å². The van der Waals surface area contributed by atoms with Crippen LogP contribution in [0.25, 0.3) is 4.96 Å². The summed E-state index contributed by atoms with van der Waals surface area (Å²) in [6.07, 6.45) is -0.795. The summed E-state index contributed by atoms with van der Waals surface area (Å²) in [6, 6.07) is -0.487. The van der Waals surface area contributed by atoms with Gasteiger partial charge in [0.2, 0.25) is 0 Å². The lowest BCUT2D eigenvalue weighted by molar-refractivity contribution is -0.144. The van der Waals surface area contributed by atoms with Gasteiger partial charge in [0, 0.05) is 22.8 Å². The molecule has 2 aromatic heterocycles. The molecule has 0 atom stereocenters. The maximum absolute atomic E-state index is 13.0. The SMILES string of the molecule is Cc1sc2ncc(C(=O)N(CC(F)(F)F)C3CCCC3)c(=O)n2c1C. The molecule has 5 nitrogen and oxygen atoms in total. The van der Waals surface area contributed by atoms with Gasteiger partial charge in [0.15, 0.2) is 4.96 Å². The van der Waals surface area contributed by atoms with Crippen molar-refractivity contribution < 1.29 is 18.0 Å². The zero-order chi connectivity index (χ0) is 18.4. The van der Waals surface area contributed by atoms with Crippen molar-refractivity contribution >= 4 is 22.2 Å². The number of nitrogens with zero attached hydrogens (tertiary/aromatic N) is 3. The summed E-state index contributed by atoms with van der Waals surface area (Å²) >= 11 is 1.30. The van der Waals surface area contributed by atoms with E-state index in [0.29, 0.717) is 23.5 Å². The topological polar surface area (TPSA) is 54.7 Å². The van der Waals surface area contributed by atoms with E-state index in [-0.39, 0.29) is 5.56 Å². The van der Waals surface area contributed by atoms with Crippen molar-refractivity contribution in [1.82, 2.24) is 14.3 Å². The van der Waals surface area contributed by atoms with E-state index in [1.807, 2.05) is 6.92 Å². The van der Waals surface area contributed by atoms with E-state index in [2.05, 4.69) is 4.98 Å². The molecule has 1 saturated carbocycles. The number of rotatable bonds is 3. The number of aromatic nitrogens is 2. The molecule has 1 fully saturated rings. The van der Waals surface area contributed by atoms with Crippen molar-refractivity contribution in [2.75, 3.05) is 6.54 Å². The Morgan fingerprint density at radius 2 is 2.00 bits per heavy atom. The number of halogens is 3. The van der Waals surface area contributed by atoms with E-state index in [1.54, 1.807) is 6.92 Å². The molecule has 0 unspecified atom stereocenters. The van der Waals surface area contributed by atoms with Gasteiger partial charge in [0.1, 0.15) is 12.1 Å². The Bertz CT molecular complexity index is 866. The second-order valence-electron chi connectivity index (χ2n) is 6.33. The summed E-state index contributed by atoms with van der Waals surface area (Å²) in [4.78, 5) is 31.7. The highest BCUT2D eigenvalue weighted by molar-refractivity contribution is 7.17. The Balaban J connectivity index is 2.04. The number of hydrogen-bond acceptors (Lipinski definition) is 4. The monoisotopic (exact) mass is 373 g/mol. The molecule has 2 aromatic rings. The number of amides is 1. The zero-order valence-corrected chi connectivity index (χ0v) is 14.7. The van der Waals surface area contributed by atoms with Crippen LogP contribution in [0.4, 0.5) is 13.2 Å². The summed E-state index contributed by atoms with van der Waals surface area (Å²) in [6.45, 7) is 2.20. The van der Waals surface area contributed by atoms with Gasteiger partial charge < -0.3 is 4.90 Å². The molecule has 136 valence electrons. The lowest BCUT2D eigenvalue weighted by atomic mass is 10.1. The first-order chi connectivity index (χ1) is 11.7. The van der Waals surface area contributed by atoms with Crippen LogP contribution < -0.4 is 5.56 Å². The van der Waals surface area contributed by atoms with Crippen LogP contribution in [-0.2, 0) is 0 Å². The second-order valence-corrected chi connectivity index (χ2v) is 7.51. The lowest BCUT2D eigenvalue weighted by Gasteiger charge is -2.29. The van der Waals surface area contributed by atoms with Gasteiger partial charge in [-0.1, -0.05) is 12.8 Å². The van der Waals surface area contributed by atoms with Crippen molar-refractivity contribution in [3.05, 3.63) is 32.7 Å². The normalized spacial score (nSPS) is 15.9. The standard InChI is InChI=1S/C16H18F3N3O2S/c1-9-10(2)25-15-20-7-12(14(24)22(9)15)13(23)21(8-16(17,18)19)11-5-3-4-6-11/h7,11H,3-6,8H2,1-2H3. The molecule has 25 heavy (non-hydrogen) atoms. The number of thiazole rings is 1. The molecule has 1 amide bonds. The Kier molecular flexibility index (Phi) is 4.61. The fourth-order valence-electron chi connectivity index (χ4n) is 3.25. The zero-order valence-electron chi connectivity index (χ0n) is 13.9. The molecule has 0 aromatic carbocycles. The molecule has 0 radical (unpaired) electrons. The number of hydrogen-bond donors (Lipinski definition) is 0. The van der Waals surface area contributed by atoms with Crippen LogP contribution in [0.15, 0.2) is 11.0 Å². The van der Waals surface area contributed by atoms with Crippen LogP contribution in [0.1, 0.15) is 46.6 Å². The predicted molar refractivity (Wildman–Crippen MR) is 88.2 cm³/mol. The molecule has 0 aliphatic heterocycles. The molecule has 1 aliphatic rings. The fraction of sp³-hybridized carbons (Fsp3) is 0.562. The summed E-state index contributed by atoms with van der Waals surface area (Å²) in [5, 5.41) is 0. The maximum Gasteiger partial charge on any atom is 0.406 e. The third-order valence-corrected chi connectivity index (χ3v) is 5.70. The minimum atomic E-state index is -4.51. The van der Waals surface area contributed by atoms with Crippen LogP contribution in [0.5, 0.6) is 0 Å². The van der Waals surface area contributed by atoms with Gasteiger partial charge in [0.05, 0.1) is 0 Å². The number of carbonyl (C=O) groups is 1. The molecule has 0 saturated heterocycles. The third kappa shape index (κ3) is 3.42. The molecular formula is C16H18F3N3O2S. The highest BCUT2D eigenvalue weighted by Gasteiger charge is 2.38. The summed E-state index contributed by atoms with van der Waals surface area (Å²) in [5.74, 6) is -0.889. The predicted octanol–water partition coefficient (Wildman–Crippen LogP) is 3.32. The van der Waals surface area contributed by atoms with Gasteiger partial charge in [-0.2, -0.15) is 13.2 Å². The molecule has 2 heterocycles. The fourth-order valence-corrected chi connectivity index (χ4v) is 4.18. The minimum Gasteiger partial charge on any atom is -0.326 e. The van der Waals surface area contributed by atoms with E-state index >= 15 is 0 Å². The molecule has 0 N–H and O–H groups in total. The van der Waals surface area contributed by atoms with Crippen molar-refractivity contribution in [2.45, 2.75) is 51.7 Å². The highest BCUT2D eigenvalue weighted by atomic mass is 32.1. The summed E-state index contributed by atoms with van der Waals surface area (Å²) in [7, 11) is 0. The van der Waals surface area contributed by atoms with Crippen LogP contribution in [0.3, 0.4) is 0 Å². The van der Waals surface area contributed by atoms with Crippen molar-refractivity contribution in [2.24, 2.45) is 0 Å². The van der Waals surface area contributed by atoms with Gasteiger partial charge in [-0.25, -0.2) is 4.98 Å². The number of carbonyl (C=O) groups excluding carboxylic acids is 1. The Morgan fingerprint density at radius 1 is 1.36 bits per heavy atom. The number of aryl methyl sites for hydroxylation is 2. The number of alkyl halides is 3. The average Bonchev–Trinajstić information content (AvgIpc) is 3.13. The molecule has 1 aliphatic carbocycles. The van der Waals surface area contributed by atoms with Crippen molar-refractivity contribution in [3.8, 4) is 0 Å². The summed E-state index contributed by atoms with van der Waals surface area (Å²) < 4.78 is 40.2. The van der Waals surface area contributed by atoms with E-state index in [1.165, 1.54) is 15.7 Å². The smallest absolute Gasteiger partial charge is 0.326 e. The molecule has 0 bridgehead atoms. The lowest BCUT2D eigenvalue weighted by Crippen LogP contribution is -2.46. The van der Waals surface area contributed by atoms with Crippen molar-refractivity contribution in [3.63, 3.8) is 0 Å². The molecule has 9 heteroatoms. The first-order valence-electron chi connectivity index (χ1n) is 8.04. The maximum atomic E-state index is 13.0. The van der Waals surface area contributed by atoms with Crippen molar-refractivity contribution in [1.29, 1.82) is 0 Å². The molecule has 3 rings (SSSR count). The van der Waals surface area contributed by atoms with Gasteiger partial charge in [-0.3, -0.25) is 14.0 Å². The first-order valence-corrected chi connectivity index (χ1v) is 8.86. The first kappa shape index (κ1) is 17.9. The number of fused-ring (bicyclic) bond motifs is 1. The Labute approximate surface area is 146 Å². The second kappa shape index (κ2) is 6.44.